The number of anilines is 1. The number of aromatic nitrogens is 5. The molecule has 6 rings (SSSR count). The normalized spacial score (nSPS) is 13.6. The van der Waals surface area contributed by atoms with Crippen LogP contribution < -0.4 is 17.0 Å². The summed E-state index contributed by atoms with van der Waals surface area (Å²) in [5, 5.41) is 13.9. The monoisotopic (exact) mass is 647 g/mol. The summed E-state index contributed by atoms with van der Waals surface area (Å²) in [6.45, 7) is 6.76. The second kappa shape index (κ2) is 12.7. The third-order valence-electron chi connectivity index (χ3n) is 8.96. The summed E-state index contributed by atoms with van der Waals surface area (Å²) >= 11 is 0. The van der Waals surface area contributed by atoms with Crippen LogP contribution in [0.4, 0.5) is 10.2 Å². The molecule has 5 aromatic rings. The van der Waals surface area contributed by atoms with Gasteiger partial charge in [-0.2, -0.15) is 10.4 Å². The zero-order valence-electron chi connectivity index (χ0n) is 26.8. The maximum absolute atomic E-state index is 14.7. The number of hydrogen-bond acceptors (Lipinski definition) is 8. The highest BCUT2D eigenvalue weighted by atomic mass is 19.1. The molecule has 48 heavy (non-hydrogen) atoms. The van der Waals surface area contributed by atoms with Gasteiger partial charge in [-0.1, -0.05) is 38.1 Å². The van der Waals surface area contributed by atoms with E-state index in [1.807, 2.05) is 41.5 Å². The van der Waals surface area contributed by atoms with E-state index < -0.39 is 17.3 Å². The average molecular weight is 648 g/mol. The maximum Gasteiger partial charge on any atom is 0.268 e. The Bertz CT molecular complexity index is 2170. The van der Waals surface area contributed by atoms with Crippen molar-refractivity contribution < 1.29 is 14.0 Å². The van der Waals surface area contributed by atoms with Crippen LogP contribution in [0.1, 0.15) is 59.9 Å². The Morgan fingerprint density at radius 2 is 1.77 bits per heavy atom. The Labute approximate surface area is 275 Å². The molecule has 0 bridgehead atoms. The molecule has 0 radical (unpaired) electrons. The minimum absolute atomic E-state index is 0.0507. The van der Waals surface area contributed by atoms with E-state index in [0.717, 1.165) is 41.9 Å². The molecule has 1 aliphatic rings. The standard InChI is InChI=1S/C35H34FN9O3/c1-19(2)34(47)43-12-9-22(10-13-43)28-16-26(31-32(38)41-18-42-45(28)31)21-4-6-23(7-5-21)30-29(15-25(36)17-40-30)44-20(3)24(8-11-37)14-27(33(39)46)35(44)48/h4-7,14-19,22H,8-10,12-13H2,1-3H3,(H2,39,46)(H2,38,41,42). The van der Waals surface area contributed by atoms with Gasteiger partial charge in [0, 0.05) is 53.5 Å². The summed E-state index contributed by atoms with van der Waals surface area (Å²) in [7, 11) is 0. The molecular formula is C35H34FN9O3. The topological polar surface area (TPSA) is 178 Å². The Kier molecular flexibility index (Phi) is 8.49. The van der Waals surface area contributed by atoms with Crippen molar-refractivity contribution in [3.8, 4) is 34.1 Å². The number of pyridine rings is 2. The largest absolute Gasteiger partial charge is 0.382 e. The molecule has 0 spiro atoms. The number of carbonyl (C=O) groups is 2. The predicted octanol–water partition coefficient (Wildman–Crippen LogP) is 4.17. The number of likely N-dealkylation sites (tertiary alicyclic amines) is 1. The fraction of sp³-hybridized carbons (Fsp3) is 0.286. The van der Waals surface area contributed by atoms with Gasteiger partial charge in [-0.05, 0) is 43.0 Å². The van der Waals surface area contributed by atoms with Gasteiger partial charge in [0.05, 0.1) is 30.1 Å². The van der Waals surface area contributed by atoms with Gasteiger partial charge in [0.1, 0.15) is 23.2 Å². The number of amides is 2. The summed E-state index contributed by atoms with van der Waals surface area (Å²) < 4.78 is 17.7. The third kappa shape index (κ3) is 5.66. The van der Waals surface area contributed by atoms with Gasteiger partial charge in [0.25, 0.3) is 11.5 Å². The summed E-state index contributed by atoms with van der Waals surface area (Å²) in [5.41, 5.74) is 15.8. The molecule has 5 heterocycles. The van der Waals surface area contributed by atoms with Gasteiger partial charge in [0.15, 0.2) is 5.82 Å². The van der Waals surface area contributed by atoms with Crippen LogP contribution >= 0.6 is 0 Å². The van der Waals surface area contributed by atoms with Gasteiger partial charge < -0.3 is 16.4 Å². The SMILES string of the molecule is Cc1c(CC#N)cc(C(N)=O)c(=O)n1-c1cc(F)cnc1-c1ccc(-c2cc(C3CCN(C(=O)C(C)C)CC3)n3ncnc(N)c23)cc1. The average Bonchev–Trinajstić information content (AvgIpc) is 3.47. The lowest BCUT2D eigenvalue weighted by molar-refractivity contribution is -0.135. The number of hydrogen-bond donors (Lipinski definition) is 2. The first kappa shape index (κ1) is 32.1. The van der Waals surface area contributed by atoms with E-state index in [0.29, 0.717) is 41.2 Å². The number of halogens is 1. The Morgan fingerprint density at radius 3 is 2.42 bits per heavy atom. The van der Waals surface area contributed by atoms with E-state index in [-0.39, 0.29) is 41.1 Å². The quantitative estimate of drug-likeness (QED) is 0.264. The van der Waals surface area contributed by atoms with Gasteiger partial charge in [0.2, 0.25) is 5.91 Å². The van der Waals surface area contributed by atoms with Crippen LogP contribution in [0.5, 0.6) is 0 Å². The molecule has 0 saturated carbocycles. The molecule has 1 aromatic carbocycles. The Morgan fingerprint density at radius 1 is 1.08 bits per heavy atom. The first-order valence-corrected chi connectivity index (χ1v) is 15.6. The number of benzene rings is 1. The smallest absolute Gasteiger partial charge is 0.268 e. The van der Waals surface area contributed by atoms with E-state index in [2.05, 4.69) is 21.1 Å². The molecule has 1 saturated heterocycles. The Balaban J connectivity index is 1.41. The number of nitrogen functional groups attached to an aromatic ring is 1. The van der Waals surface area contributed by atoms with E-state index in [1.54, 1.807) is 19.1 Å². The number of fused-ring (bicyclic) bond motifs is 1. The number of nitriles is 1. The number of primary amides is 1. The maximum atomic E-state index is 14.7. The van der Waals surface area contributed by atoms with Crippen LogP contribution in [0.15, 0.2) is 59.8 Å². The van der Waals surface area contributed by atoms with Gasteiger partial charge in [-0.15, -0.1) is 0 Å². The van der Waals surface area contributed by atoms with Crippen LogP contribution in [0.3, 0.4) is 0 Å². The van der Waals surface area contributed by atoms with E-state index in [1.165, 1.54) is 17.0 Å². The summed E-state index contributed by atoms with van der Waals surface area (Å²) in [6, 6.07) is 13.9. The molecule has 12 nitrogen and oxygen atoms in total. The molecule has 0 atom stereocenters. The predicted molar refractivity (Wildman–Crippen MR) is 178 cm³/mol. The van der Waals surface area contributed by atoms with Crippen molar-refractivity contribution in [1.29, 1.82) is 5.26 Å². The molecule has 1 fully saturated rings. The molecular weight excluding hydrogens is 613 g/mol. The van der Waals surface area contributed by atoms with Crippen molar-refractivity contribution in [2.24, 2.45) is 11.7 Å². The summed E-state index contributed by atoms with van der Waals surface area (Å²) in [6.07, 6.45) is 3.97. The highest BCUT2D eigenvalue weighted by molar-refractivity contribution is 5.93. The van der Waals surface area contributed by atoms with E-state index in [9.17, 15) is 24.0 Å². The zero-order chi connectivity index (χ0) is 34.3. The minimum Gasteiger partial charge on any atom is -0.382 e. The van der Waals surface area contributed by atoms with Gasteiger partial charge in [-0.25, -0.2) is 13.9 Å². The van der Waals surface area contributed by atoms with E-state index in [4.69, 9.17) is 11.5 Å². The van der Waals surface area contributed by atoms with Gasteiger partial charge >= 0.3 is 0 Å². The number of carbonyl (C=O) groups excluding carboxylic acids is 2. The highest BCUT2D eigenvalue weighted by Gasteiger charge is 2.29. The van der Waals surface area contributed by atoms with Crippen molar-refractivity contribution in [3.63, 3.8) is 0 Å². The summed E-state index contributed by atoms with van der Waals surface area (Å²) in [5.74, 6) is -1.06. The Hall–Kier alpha value is -5.90. The zero-order valence-corrected chi connectivity index (χ0v) is 26.8. The summed E-state index contributed by atoms with van der Waals surface area (Å²) in [4.78, 5) is 48.7. The third-order valence-corrected chi connectivity index (χ3v) is 8.96. The van der Waals surface area contributed by atoms with Crippen LogP contribution in [0.25, 0.3) is 33.6 Å². The molecule has 0 unspecified atom stereocenters. The fourth-order valence-corrected chi connectivity index (χ4v) is 6.48. The van der Waals surface area contributed by atoms with Crippen molar-refractivity contribution in [1.82, 2.24) is 29.0 Å². The van der Waals surface area contributed by atoms with Crippen LogP contribution in [0.2, 0.25) is 0 Å². The number of piperidine rings is 1. The first-order chi connectivity index (χ1) is 23.0. The van der Waals surface area contributed by atoms with Crippen molar-refractivity contribution >= 4 is 23.1 Å². The van der Waals surface area contributed by atoms with Gasteiger partial charge in [-0.3, -0.25) is 23.9 Å². The first-order valence-electron chi connectivity index (χ1n) is 15.6. The molecule has 244 valence electrons. The highest BCUT2D eigenvalue weighted by Crippen LogP contribution is 2.38. The number of nitrogens with two attached hydrogens (primary N) is 2. The molecule has 13 heteroatoms. The lowest BCUT2D eigenvalue weighted by Crippen LogP contribution is -2.40. The molecule has 0 aliphatic carbocycles. The van der Waals surface area contributed by atoms with Crippen LogP contribution in [-0.2, 0) is 11.2 Å². The lowest BCUT2D eigenvalue weighted by Gasteiger charge is -2.33. The molecule has 4 aromatic heterocycles. The number of rotatable bonds is 7. The van der Waals surface area contributed by atoms with Crippen LogP contribution in [-0.4, -0.2) is 54.0 Å². The molecule has 4 N–H and O–H groups in total. The lowest BCUT2D eigenvalue weighted by atomic mass is 9.92. The van der Waals surface area contributed by atoms with Crippen molar-refractivity contribution in [2.75, 3.05) is 18.8 Å². The molecule has 2 amide bonds. The minimum atomic E-state index is -0.958. The second-order valence-corrected chi connectivity index (χ2v) is 12.2. The van der Waals surface area contributed by atoms with Crippen molar-refractivity contribution in [3.05, 3.63) is 93.7 Å². The fourth-order valence-electron chi connectivity index (χ4n) is 6.48. The molecule has 1 aliphatic heterocycles. The number of nitrogens with zero attached hydrogens (tertiary/aromatic N) is 7. The van der Waals surface area contributed by atoms with Crippen LogP contribution in [0, 0.1) is 30.0 Å². The second-order valence-electron chi connectivity index (χ2n) is 12.2. The van der Waals surface area contributed by atoms with E-state index >= 15 is 0 Å². The van der Waals surface area contributed by atoms with Crippen molar-refractivity contribution in [2.45, 2.75) is 46.0 Å².